The summed E-state index contributed by atoms with van der Waals surface area (Å²) >= 11 is 0. The van der Waals surface area contributed by atoms with Gasteiger partial charge in [-0.25, -0.2) is 4.98 Å². The Morgan fingerprint density at radius 2 is 2.14 bits per heavy atom. The lowest BCUT2D eigenvalue weighted by Gasteiger charge is -2.48. The van der Waals surface area contributed by atoms with Gasteiger partial charge in [0.25, 0.3) is 5.91 Å². The summed E-state index contributed by atoms with van der Waals surface area (Å²) < 4.78 is 5.17. The van der Waals surface area contributed by atoms with Gasteiger partial charge < -0.3 is 19.5 Å². The highest BCUT2D eigenvalue weighted by Gasteiger charge is 2.42. The van der Waals surface area contributed by atoms with E-state index < -0.39 is 0 Å². The van der Waals surface area contributed by atoms with Crippen molar-refractivity contribution in [3.05, 3.63) is 42.2 Å². The number of imidazole rings is 1. The van der Waals surface area contributed by atoms with Crippen LogP contribution in [0.15, 0.2) is 36.7 Å². The minimum Gasteiger partial charge on any atom is -0.383 e. The number of nitrogens with one attached hydrogen (secondary N) is 1. The fraction of sp³-hybridized carbons (Fsp3) is 0.500. The molecule has 2 amide bonds. The van der Waals surface area contributed by atoms with Gasteiger partial charge in [-0.05, 0) is 25.3 Å². The monoisotopic (exact) mass is 396 g/mol. The summed E-state index contributed by atoms with van der Waals surface area (Å²) in [7, 11) is 1.65. The molecule has 0 aliphatic carbocycles. The summed E-state index contributed by atoms with van der Waals surface area (Å²) in [6.07, 6.45) is 6.86. The quantitative estimate of drug-likeness (QED) is 0.843. The highest BCUT2D eigenvalue weighted by Crippen LogP contribution is 2.39. The van der Waals surface area contributed by atoms with E-state index in [0.29, 0.717) is 44.0 Å². The molecule has 7 nitrogen and oxygen atoms in total. The first-order valence-electron chi connectivity index (χ1n) is 10.3. The van der Waals surface area contributed by atoms with Gasteiger partial charge in [0.2, 0.25) is 5.91 Å². The smallest absolute Gasteiger partial charge is 0.254 e. The third-order valence-electron chi connectivity index (χ3n) is 6.17. The Morgan fingerprint density at radius 3 is 2.93 bits per heavy atom. The number of carbonyl (C=O) groups is 2. The number of piperidine rings is 2. The van der Waals surface area contributed by atoms with Crippen molar-refractivity contribution in [1.82, 2.24) is 19.8 Å². The number of H-pyrrole nitrogens is 1. The molecular weight excluding hydrogens is 368 g/mol. The highest BCUT2D eigenvalue weighted by atomic mass is 16.5. The molecule has 0 unspecified atom stereocenters. The van der Waals surface area contributed by atoms with Crippen LogP contribution >= 0.6 is 0 Å². The molecule has 1 aromatic carbocycles. The number of benzene rings is 1. The molecule has 1 spiro atoms. The molecule has 3 heterocycles. The van der Waals surface area contributed by atoms with Crippen LogP contribution in [0.25, 0.3) is 11.4 Å². The molecule has 2 aromatic rings. The van der Waals surface area contributed by atoms with Gasteiger partial charge in [0, 0.05) is 63.1 Å². The molecule has 4 rings (SSSR count). The molecule has 2 aliphatic rings. The SMILES string of the molecule is COCCN1C[C@@]2(CCCN(C(=O)c3ccccc3-c3ncc[nH]3)C2)CCC1=O. The number of hydrogen-bond acceptors (Lipinski definition) is 4. The van der Waals surface area contributed by atoms with E-state index in [1.165, 1.54) is 0 Å². The van der Waals surface area contributed by atoms with Gasteiger partial charge in [0.1, 0.15) is 5.82 Å². The van der Waals surface area contributed by atoms with Crippen LogP contribution in [0.4, 0.5) is 0 Å². The van der Waals surface area contributed by atoms with Crippen molar-refractivity contribution in [3.8, 4) is 11.4 Å². The predicted octanol–water partition coefficient (Wildman–Crippen LogP) is 2.57. The van der Waals surface area contributed by atoms with Gasteiger partial charge in [-0.1, -0.05) is 18.2 Å². The summed E-state index contributed by atoms with van der Waals surface area (Å²) in [5, 5.41) is 0. The number of likely N-dealkylation sites (tertiary alicyclic amines) is 2. The normalized spacial score (nSPS) is 22.3. The first-order chi connectivity index (χ1) is 14.1. The standard InChI is InChI=1S/C22H28N4O3/c1-29-14-13-25-15-22(9-7-19(25)27)8-4-12-26(16-22)21(28)18-6-3-2-5-17(18)20-23-10-11-24-20/h2-3,5-6,10-11H,4,7-9,12-16H2,1H3,(H,23,24)/t22-/m1/s1. The summed E-state index contributed by atoms with van der Waals surface area (Å²) in [5.41, 5.74) is 1.47. The Kier molecular flexibility index (Phi) is 5.67. The van der Waals surface area contributed by atoms with Crippen LogP contribution in [0.3, 0.4) is 0 Å². The lowest BCUT2D eigenvalue weighted by molar-refractivity contribution is -0.139. The fourth-order valence-electron chi connectivity index (χ4n) is 4.68. The highest BCUT2D eigenvalue weighted by molar-refractivity contribution is 6.00. The van der Waals surface area contributed by atoms with Gasteiger partial charge >= 0.3 is 0 Å². The topological polar surface area (TPSA) is 78.5 Å². The molecule has 2 saturated heterocycles. The first-order valence-corrected chi connectivity index (χ1v) is 10.3. The number of hydrogen-bond donors (Lipinski definition) is 1. The molecule has 7 heteroatoms. The van der Waals surface area contributed by atoms with Crippen LogP contribution in [-0.4, -0.2) is 71.5 Å². The van der Waals surface area contributed by atoms with E-state index in [1.807, 2.05) is 34.1 Å². The second-order valence-electron chi connectivity index (χ2n) is 8.12. The van der Waals surface area contributed by atoms with Crippen molar-refractivity contribution in [3.63, 3.8) is 0 Å². The maximum atomic E-state index is 13.4. The number of carbonyl (C=O) groups excluding carboxylic acids is 2. The van der Waals surface area contributed by atoms with Crippen molar-refractivity contribution in [2.24, 2.45) is 5.41 Å². The van der Waals surface area contributed by atoms with E-state index in [-0.39, 0.29) is 17.2 Å². The lowest BCUT2D eigenvalue weighted by Crippen LogP contribution is -2.55. The Bertz CT molecular complexity index is 867. The third-order valence-corrected chi connectivity index (χ3v) is 6.17. The van der Waals surface area contributed by atoms with Crippen LogP contribution in [0.2, 0.25) is 0 Å². The van der Waals surface area contributed by atoms with Crippen molar-refractivity contribution in [2.75, 3.05) is 39.9 Å². The number of amides is 2. The molecule has 2 fully saturated rings. The summed E-state index contributed by atoms with van der Waals surface area (Å²) in [6, 6.07) is 7.62. The van der Waals surface area contributed by atoms with Crippen LogP contribution in [-0.2, 0) is 9.53 Å². The molecule has 0 bridgehead atoms. The summed E-state index contributed by atoms with van der Waals surface area (Å²) in [5.74, 6) is 0.936. The molecular formula is C22H28N4O3. The van der Waals surface area contributed by atoms with Crippen LogP contribution in [0, 0.1) is 5.41 Å². The van der Waals surface area contributed by atoms with Crippen molar-refractivity contribution in [1.29, 1.82) is 0 Å². The van der Waals surface area contributed by atoms with E-state index in [1.54, 1.807) is 19.5 Å². The largest absolute Gasteiger partial charge is 0.383 e. The van der Waals surface area contributed by atoms with Crippen molar-refractivity contribution >= 4 is 11.8 Å². The molecule has 0 radical (unpaired) electrons. The molecule has 154 valence electrons. The van der Waals surface area contributed by atoms with Crippen molar-refractivity contribution in [2.45, 2.75) is 25.7 Å². The van der Waals surface area contributed by atoms with Crippen LogP contribution in [0.5, 0.6) is 0 Å². The summed E-state index contributed by atoms with van der Waals surface area (Å²) in [6.45, 7) is 3.31. The Balaban J connectivity index is 1.53. The second-order valence-corrected chi connectivity index (χ2v) is 8.12. The molecule has 1 atom stereocenters. The van der Waals surface area contributed by atoms with E-state index in [0.717, 1.165) is 31.4 Å². The molecule has 2 aliphatic heterocycles. The van der Waals surface area contributed by atoms with E-state index in [4.69, 9.17) is 4.74 Å². The van der Waals surface area contributed by atoms with Gasteiger partial charge in [-0.3, -0.25) is 9.59 Å². The molecule has 1 N–H and O–H groups in total. The number of aromatic nitrogens is 2. The maximum absolute atomic E-state index is 13.4. The summed E-state index contributed by atoms with van der Waals surface area (Å²) in [4.78, 5) is 37.1. The average Bonchev–Trinajstić information content (AvgIpc) is 3.29. The van der Waals surface area contributed by atoms with E-state index in [9.17, 15) is 9.59 Å². The predicted molar refractivity (Wildman–Crippen MR) is 109 cm³/mol. The third kappa shape index (κ3) is 4.05. The average molecular weight is 396 g/mol. The molecule has 1 aromatic heterocycles. The van der Waals surface area contributed by atoms with Gasteiger partial charge in [-0.2, -0.15) is 0 Å². The van der Waals surface area contributed by atoms with Crippen LogP contribution in [0.1, 0.15) is 36.0 Å². The minimum atomic E-state index is -0.0187. The molecule has 0 saturated carbocycles. The second kappa shape index (κ2) is 8.37. The zero-order valence-corrected chi connectivity index (χ0v) is 16.9. The van der Waals surface area contributed by atoms with Gasteiger partial charge in [-0.15, -0.1) is 0 Å². The Hall–Kier alpha value is -2.67. The Morgan fingerprint density at radius 1 is 1.28 bits per heavy atom. The number of nitrogens with zero attached hydrogens (tertiary/aromatic N) is 3. The van der Waals surface area contributed by atoms with E-state index in [2.05, 4.69) is 9.97 Å². The van der Waals surface area contributed by atoms with Gasteiger partial charge in [0.15, 0.2) is 0 Å². The maximum Gasteiger partial charge on any atom is 0.254 e. The Labute approximate surface area is 171 Å². The lowest BCUT2D eigenvalue weighted by atomic mass is 9.73. The molecule has 29 heavy (non-hydrogen) atoms. The first kappa shape index (κ1) is 19.6. The van der Waals surface area contributed by atoms with Crippen LogP contribution < -0.4 is 0 Å². The van der Waals surface area contributed by atoms with Gasteiger partial charge in [0.05, 0.1) is 12.2 Å². The van der Waals surface area contributed by atoms with E-state index >= 15 is 0 Å². The number of aromatic amines is 1. The minimum absolute atomic E-state index is 0.0187. The van der Waals surface area contributed by atoms with Crippen molar-refractivity contribution < 1.29 is 14.3 Å². The fourth-order valence-corrected chi connectivity index (χ4v) is 4.68. The zero-order valence-electron chi connectivity index (χ0n) is 16.9. The number of rotatable bonds is 5. The zero-order chi connectivity index (χ0) is 20.3. The number of methoxy groups -OCH3 is 1. The number of ether oxygens (including phenoxy) is 1.